The van der Waals surface area contributed by atoms with Crippen molar-refractivity contribution < 1.29 is 0 Å². The van der Waals surface area contributed by atoms with Crippen LogP contribution in [0.3, 0.4) is 0 Å². The van der Waals surface area contributed by atoms with E-state index in [0.717, 1.165) is 12.5 Å². The smallest absolute Gasteiger partial charge is 0.00104 e. The van der Waals surface area contributed by atoms with Gasteiger partial charge in [0, 0.05) is 6.04 Å². The van der Waals surface area contributed by atoms with E-state index in [-0.39, 0.29) is 0 Å². The van der Waals surface area contributed by atoms with E-state index in [2.05, 4.69) is 56.4 Å². The summed E-state index contributed by atoms with van der Waals surface area (Å²) in [4.78, 5) is 0. The molecule has 0 aromatic heterocycles. The molecule has 0 aliphatic rings. The van der Waals surface area contributed by atoms with Gasteiger partial charge in [0.25, 0.3) is 0 Å². The maximum Gasteiger partial charge on any atom is 0.00104 e. The van der Waals surface area contributed by atoms with Crippen molar-refractivity contribution in [1.29, 1.82) is 0 Å². The van der Waals surface area contributed by atoms with Gasteiger partial charge in [-0.2, -0.15) is 0 Å². The van der Waals surface area contributed by atoms with Crippen LogP contribution in [0.5, 0.6) is 0 Å². The van der Waals surface area contributed by atoms with Crippen LogP contribution < -0.4 is 5.32 Å². The SMILES string of the molecule is CC(CCCc1ccccc1)CNC(C)C. The zero-order chi connectivity index (χ0) is 11.8. The highest BCUT2D eigenvalue weighted by atomic mass is 14.9. The largest absolute Gasteiger partial charge is 0.314 e. The van der Waals surface area contributed by atoms with Gasteiger partial charge in [0.05, 0.1) is 0 Å². The van der Waals surface area contributed by atoms with Crippen molar-refractivity contribution in [2.45, 2.75) is 46.1 Å². The van der Waals surface area contributed by atoms with E-state index in [4.69, 9.17) is 0 Å². The maximum absolute atomic E-state index is 3.49. The summed E-state index contributed by atoms with van der Waals surface area (Å²) in [5, 5.41) is 3.49. The third-order valence-electron chi connectivity index (χ3n) is 2.88. The summed E-state index contributed by atoms with van der Waals surface area (Å²) in [6.07, 6.45) is 3.83. The van der Waals surface area contributed by atoms with Crippen LogP contribution in [0.1, 0.15) is 39.2 Å². The standard InChI is InChI=1S/C15H25N/c1-13(2)16-12-14(3)8-7-11-15-9-5-4-6-10-15/h4-6,9-10,13-14,16H,7-8,11-12H2,1-3H3. The van der Waals surface area contributed by atoms with Crippen molar-refractivity contribution in [2.24, 2.45) is 5.92 Å². The Labute approximate surface area is 100 Å². The molecule has 1 unspecified atom stereocenters. The van der Waals surface area contributed by atoms with Crippen molar-refractivity contribution in [3.8, 4) is 0 Å². The summed E-state index contributed by atoms with van der Waals surface area (Å²) < 4.78 is 0. The van der Waals surface area contributed by atoms with Gasteiger partial charge in [-0.05, 0) is 37.3 Å². The normalized spacial score (nSPS) is 13.0. The lowest BCUT2D eigenvalue weighted by Gasteiger charge is -2.14. The predicted octanol–water partition coefficient (Wildman–Crippen LogP) is 3.64. The first-order valence-electron chi connectivity index (χ1n) is 6.46. The molecule has 16 heavy (non-hydrogen) atoms. The van der Waals surface area contributed by atoms with Gasteiger partial charge in [-0.25, -0.2) is 0 Å². The summed E-state index contributed by atoms with van der Waals surface area (Å²) in [7, 11) is 0. The Morgan fingerprint density at radius 2 is 1.75 bits per heavy atom. The molecular weight excluding hydrogens is 194 g/mol. The molecule has 0 aliphatic carbocycles. The third kappa shape index (κ3) is 5.92. The minimum Gasteiger partial charge on any atom is -0.314 e. The van der Waals surface area contributed by atoms with Gasteiger partial charge in [-0.1, -0.05) is 51.1 Å². The average molecular weight is 219 g/mol. The summed E-state index contributed by atoms with van der Waals surface area (Å²) >= 11 is 0. The lowest BCUT2D eigenvalue weighted by molar-refractivity contribution is 0.443. The molecule has 0 heterocycles. The van der Waals surface area contributed by atoms with E-state index in [1.165, 1.54) is 24.8 Å². The Morgan fingerprint density at radius 1 is 1.06 bits per heavy atom. The van der Waals surface area contributed by atoms with Crippen molar-refractivity contribution in [1.82, 2.24) is 5.32 Å². The molecule has 0 spiro atoms. The Hall–Kier alpha value is -0.820. The lowest BCUT2D eigenvalue weighted by atomic mass is 10.0. The van der Waals surface area contributed by atoms with Crippen LogP contribution in [-0.2, 0) is 6.42 Å². The van der Waals surface area contributed by atoms with Crippen LogP contribution in [0.25, 0.3) is 0 Å². The molecule has 0 radical (unpaired) electrons. The molecule has 1 N–H and O–H groups in total. The van der Waals surface area contributed by atoms with E-state index < -0.39 is 0 Å². The Morgan fingerprint density at radius 3 is 2.38 bits per heavy atom. The van der Waals surface area contributed by atoms with Crippen molar-refractivity contribution >= 4 is 0 Å². The fourth-order valence-corrected chi connectivity index (χ4v) is 1.84. The molecule has 0 saturated heterocycles. The number of hydrogen-bond acceptors (Lipinski definition) is 1. The van der Waals surface area contributed by atoms with Crippen molar-refractivity contribution in [2.75, 3.05) is 6.54 Å². The molecule has 0 aliphatic heterocycles. The third-order valence-corrected chi connectivity index (χ3v) is 2.88. The van der Waals surface area contributed by atoms with Crippen molar-refractivity contribution in [3.05, 3.63) is 35.9 Å². The molecule has 1 heteroatoms. The summed E-state index contributed by atoms with van der Waals surface area (Å²) in [5.41, 5.74) is 1.46. The van der Waals surface area contributed by atoms with Crippen LogP contribution >= 0.6 is 0 Å². The van der Waals surface area contributed by atoms with Crippen molar-refractivity contribution in [3.63, 3.8) is 0 Å². The minimum absolute atomic E-state index is 0.608. The monoisotopic (exact) mass is 219 g/mol. The fraction of sp³-hybridized carbons (Fsp3) is 0.600. The van der Waals surface area contributed by atoms with Gasteiger partial charge >= 0.3 is 0 Å². The van der Waals surface area contributed by atoms with Gasteiger partial charge in [0.2, 0.25) is 0 Å². The molecule has 0 bridgehead atoms. The number of nitrogens with one attached hydrogen (secondary N) is 1. The lowest BCUT2D eigenvalue weighted by Crippen LogP contribution is -2.27. The molecule has 1 nitrogen and oxygen atoms in total. The van der Waals surface area contributed by atoms with Gasteiger partial charge in [0.15, 0.2) is 0 Å². The molecule has 1 atom stereocenters. The minimum atomic E-state index is 0.608. The second kappa shape index (κ2) is 7.45. The average Bonchev–Trinajstić information content (AvgIpc) is 2.28. The molecule has 1 aromatic rings. The number of hydrogen-bond donors (Lipinski definition) is 1. The van der Waals surface area contributed by atoms with E-state index in [1.807, 2.05) is 0 Å². The molecule has 1 aromatic carbocycles. The van der Waals surface area contributed by atoms with Crippen LogP contribution in [0.2, 0.25) is 0 Å². The maximum atomic E-state index is 3.49. The highest BCUT2D eigenvalue weighted by molar-refractivity contribution is 5.14. The Balaban J connectivity index is 2.11. The predicted molar refractivity (Wildman–Crippen MR) is 71.7 cm³/mol. The quantitative estimate of drug-likeness (QED) is 0.738. The summed E-state index contributed by atoms with van der Waals surface area (Å²) in [5.74, 6) is 0.783. The Bertz CT molecular complexity index is 266. The number of rotatable bonds is 7. The Kier molecular flexibility index (Phi) is 6.17. The first-order chi connectivity index (χ1) is 7.68. The second-order valence-corrected chi connectivity index (χ2v) is 5.05. The van der Waals surface area contributed by atoms with Gasteiger partial charge in [-0.3, -0.25) is 0 Å². The highest BCUT2D eigenvalue weighted by Crippen LogP contribution is 2.09. The molecular formula is C15H25N. The topological polar surface area (TPSA) is 12.0 Å². The first kappa shape index (κ1) is 13.2. The molecule has 0 saturated carbocycles. The molecule has 1 rings (SSSR count). The van der Waals surface area contributed by atoms with E-state index in [9.17, 15) is 0 Å². The molecule has 0 fully saturated rings. The van der Waals surface area contributed by atoms with Crippen LogP contribution in [0.15, 0.2) is 30.3 Å². The number of benzene rings is 1. The first-order valence-corrected chi connectivity index (χ1v) is 6.46. The van der Waals surface area contributed by atoms with Crippen LogP contribution in [-0.4, -0.2) is 12.6 Å². The zero-order valence-corrected chi connectivity index (χ0v) is 10.9. The molecule has 0 amide bonds. The van der Waals surface area contributed by atoms with Gasteiger partial charge in [0.1, 0.15) is 0 Å². The summed E-state index contributed by atoms with van der Waals surface area (Å²) in [6, 6.07) is 11.4. The van der Waals surface area contributed by atoms with E-state index >= 15 is 0 Å². The van der Waals surface area contributed by atoms with Gasteiger partial charge < -0.3 is 5.32 Å². The fourth-order valence-electron chi connectivity index (χ4n) is 1.84. The van der Waals surface area contributed by atoms with Gasteiger partial charge in [-0.15, -0.1) is 0 Å². The van der Waals surface area contributed by atoms with Crippen LogP contribution in [0, 0.1) is 5.92 Å². The zero-order valence-electron chi connectivity index (χ0n) is 10.9. The van der Waals surface area contributed by atoms with E-state index in [1.54, 1.807) is 0 Å². The summed E-state index contributed by atoms with van der Waals surface area (Å²) in [6.45, 7) is 7.89. The highest BCUT2D eigenvalue weighted by Gasteiger charge is 2.02. The van der Waals surface area contributed by atoms with Crippen LogP contribution in [0.4, 0.5) is 0 Å². The second-order valence-electron chi connectivity index (χ2n) is 5.05. The van der Waals surface area contributed by atoms with E-state index in [0.29, 0.717) is 6.04 Å². The number of aryl methyl sites for hydroxylation is 1. The molecule has 90 valence electrons.